The number of hydrogen-bond acceptors (Lipinski definition) is 3. The van der Waals surface area contributed by atoms with Gasteiger partial charge in [-0.2, -0.15) is 0 Å². The number of carbonyl (C=O) groups excluding carboxylic acids is 1. The Kier molecular flexibility index (Phi) is 4.28. The van der Waals surface area contributed by atoms with Crippen molar-refractivity contribution in [3.05, 3.63) is 41.4 Å². The number of piperidine rings is 1. The molecule has 0 bridgehead atoms. The number of aromatic nitrogens is 2. The number of rotatable bonds is 3. The van der Waals surface area contributed by atoms with Crippen molar-refractivity contribution < 1.29 is 9.21 Å². The third-order valence-corrected chi connectivity index (χ3v) is 4.88. The van der Waals surface area contributed by atoms with Crippen molar-refractivity contribution in [2.45, 2.75) is 52.5 Å². The Morgan fingerprint density at radius 3 is 2.78 bits per heavy atom. The van der Waals surface area contributed by atoms with Crippen LogP contribution in [0.1, 0.15) is 54.6 Å². The second kappa shape index (κ2) is 6.22. The minimum Gasteiger partial charge on any atom is -0.466 e. The van der Waals surface area contributed by atoms with Gasteiger partial charge in [-0.3, -0.25) is 4.79 Å². The predicted molar refractivity (Wildman–Crippen MR) is 88.4 cm³/mol. The molecule has 0 N–H and O–H groups in total. The molecule has 2 aromatic rings. The number of furan rings is 1. The second-order valence-electron chi connectivity index (χ2n) is 6.55. The summed E-state index contributed by atoms with van der Waals surface area (Å²) in [6.45, 7) is 9.44. The molecule has 1 aliphatic rings. The Labute approximate surface area is 137 Å². The highest BCUT2D eigenvalue weighted by molar-refractivity contribution is 5.83. The maximum absolute atomic E-state index is 12.9. The van der Waals surface area contributed by atoms with E-state index in [9.17, 15) is 4.79 Å². The Morgan fingerprint density at radius 1 is 1.39 bits per heavy atom. The molecule has 2 aromatic heterocycles. The van der Waals surface area contributed by atoms with Crippen molar-refractivity contribution in [1.29, 1.82) is 0 Å². The van der Waals surface area contributed by atoms with Gasteiger partial charge in [0.1, 0.15) is 17.3 Å². The molecule has 1 saturated heterocycles. The minimum atomic E-state index is -0.157. The van der Waals surface area contributed by atoms with E-state index in [0.29, 0.717) is 6.04 Å². The van der Waals surface area contributed by atoms with E-state index in [1.54, 1.807) is 0 Å². The molecule has 0 saturated carbocycles. The van der Waals surface area contributed by atoms with Crippen LogP contribution in [0.3, 0.4) is 0 Å². The highest BCUT2D eigenvalue weighted by Gasteiger charge is 2.30. The first-order valence-corrected chi connectivity index (χ1v) is 8.32. The zero-order chi connectivity index (χ0) is 16.6. The summed E-state index contributed by atoms with van der Waals surface area (Å²) in [5, 5.41) is 0. The maximum atomic E-state index is 12.9. The van der Waals surface area contributed by atoms with Crippen molar-refractivity contribution in [3.8, 4) is 0 Å². The highest BCUT2D eigenvalue weighted by atomic mass is 16.3. The van der Waals surface area contributed by atoms with Gasteiger partial charge in [0.05, 0.1) is 12.0 Å². The van der Waals surface area contributed by atoms with E-state index in [1.165, 1.54) is 0 Å². The molecular weight excluding hydrogens is 290 g/mol. The zero-order valence-corrected chi connectivity index (χ0v) is 14.4. The summed E-state index contributed by atoms with van der Waals surface area (Å²) < 4.78 is 7.78. The van der Waals surface area contributed by atoms with Gasteiger partial charge in [0, 0.05) is 31.0 Å². The van der Waals surface area contributed by atoms with Gasteiger partial charge in [0.2, 0.25) is 5.91 Å². The molecule has 3 heterocycles. The van der Waals surface area contributed by atoms with E-state index in [-0.39, 0.29) is 11.8 Å². The van der Waals surface area contributed by atoms with E-state index >= 15 is 0 Å². The van der Waals surface area contributed by atoms with Crippen molar-refractivity contribution >= 4 is 5.91 Å². The third-order valence-electron chi connectivity index (χ3n) is 4.88. The van der Waals surface area contributed by atoms with Crippen molar-refractivity contribution in [3.63, 3.8) is 0 Å². The topological polar surface area (TPSA) is 51.3 Å². The number of amides is 1. The van der Waals surface area contributed by atoms with Crippen LogP contribution in [0.4, 0.5) is 0 Å². The third kappa shape index (κ3) is 3.05. The Bertz CT molecular complexity index is 701. The lowest BCUT2D eigenvalue weighted by Crippen LogP contribution is -2.42. The van der Waals surface area contributed by atoms with Crippen LogP contribution in [0.25, 0.3) is 0 Å². The van der Waals surface area contributed by atoms with Gasteiger partial charge in [-0.1, -0.05) is 0 Å². The number of carbonyl (C=O) groups is 1. The average molecular weight is 315 g/mol. The highest BCUT2D eigenvalue weighted by Crippen LogP contribution is 2.28. The minimum absolute atomic E-state index is 0.157. The summed E-state index contributed by atoms with van der Waals surface area (Å²) in [6, 6.07) is 2.31. The molecule has 1 amide bonds. The Hall–Kier alpha value is -2.04. The van der Waals surface area contributed by atoms with Gasteiger partial charge in [-0.05, 0) is 46.6 Å². The lowest BCUT2D eigenvalue weighted by atomic mass is 9.97. The zero-order valence-electron chi connectivity index (χ0n) is 14.4. The Morgan fingerprint density at radius 2 is 2.17 bits per heavy atom. The van der Waals surface area contributed by atoms with Crippen LogP contribution in [0.2, 0.25) is 0 Å². The van der Waals surface area contributed by atoms with Crippen LogP contribution in [0.15, 0.2) is 22.9 Å². The predicted octanol–water partition coefficient (Wildman–Crippen LogP) is 3.37. The number of aryl methyl sites for hydroxylation is 3. The molecule has 5 heteroatoms. The van der Waals surface area contributed by atoms with Gasteiger partial charge >= 0.3 is 0 Å². The molecule has 1 fully saturated rings. The standard InChI is InChI=1S/C18H25N3O2/c1-12-10-17(14(3)23-12)13(2)18(22)20-8-5-6-16(11-20)21-9-7-19-15(21)4/h7,9-10,13,16H,5-6,8,11H2,1-4H3. The van der Waals surface area contributed by atoms with Crippen LogP contribution in [-0.2, 0) is 4.79 Å². The first-order chi connectivity index (χ1) is 11.0. The smallest absolute Gasteiger partial charge is 0.230 e. The van der Waals surface area contributed by atoms with Crippen molar-refractivity contribution in [2.24, 2.45) is 0 Å². The quantitative estimate of drug-likeness (QED) is 0.872. The average Bonchev–Trinajstić information content (AvgIpc) is 3.11. The van der Waals surface area contributed by atoms with Gasteiger partial charge in [0.15, 0.2) is 0 Å². The summed E-state index contributed by atoms with van der Waals surface area (Å²) in [6.07, 6.45) is 5.97. The summed E-state index contributed by atoms with van der Waals surface area (Å²) in [5.74, 6) is 2.76. The molecule has 5 nitrogen and oxygen atoms in total. The van der Waals surface area contributed by atoms with Crippen LogP contribution in [-0.4, -0.2) is 33.4 Å². The number of likely N-dealkylation sites (tertiary alicyclic amines) is 1. The largest absolute Gasteiger partial charge is 0.466 e. The molecule has 3 rings (SSSR count). The molecule has 0 radical (unpaired) electrons. The van der Waals surface area contributed by atoms with Crippen LogP contribution in [0.5, 0.6) is 0 Å². The lowest BCUT2D eigenvalue weighted by molar-refractivity contribution is -0.134. The van der Waals surface area contributed by atoms with Crippen LogP contribution in [0, 0.1) is 20.8 Å². The van der Waals surface area contributed by atoms with E-state index in [1.807, 2.05) is 51.1 Å². The monoisotopic (exact) mass is 315 g/mol. The summed E-state index contributed by atoms with van der Waals surface area (Å²) in [4.78, 5) is 19.2. The van der Waals surface area contributed by atoms with Crippen LogP contribution < -0.4 is 0 Å². The normalized spacial score (nSPS) is 19.8. The molecule has 0 aromatic carbocycles. The van der Waals surface area contributed by atoms with Gasteiger partial charge < -0.3 is 13.9 Å². The van der Waals surface area contributed by atoms with E-state index in [2.05, 4.69) is 9.55 Å². The molecule has 23 heavy (non-hydrogen) atoms. The molecule has 0 spiro atoms. The number of imidazole rings is 1. The van der Waals surface area contributed by atoms with Gasteiger partial charge in [0.25, 0.3) is 0 Å². The molecule has 124 valence electrons. The van der Waals surface area contributed by atoms with Gasteiger partial charge in [-0.25, -0.2) is 4.98 Å². The first kappa shape index (κ1) is 15.8. The fourth-order valence-corrected chi connectivity index (χ4v) is 3.64. The van der Waals surface area contributed by atoms with Crippen molar-refractivity contribution in [1.82, 2.24) is 14.5 Å². The maximum Gasteiger partial charge on any atom is 0.230 e. The molecule has 1 aliphatic heterocycles. The Balaban J connectivity index is 1.74. The summed E-state index contributed by atoms with van der Waals surface area (Å²) in [7, 11) is 0. The van der Waals surface area contributed by atoms with E-state index in [0.717, 1.165) is 48.8 Å². The summed E-state index contributed by atoms with van der Waals surface area (Å²) >= 11 is 0. The first-order valence-electron chi connectivity index (χ1n) is 8.32. The van der Waals surface area contributed by atoms with E-state index in [4.69, 9.17) is 4.42 Å². The van der Waals surface area contributed by atoms with Crippen molar-refractivity contribution in [2.75, 3.05) is 13.1 Å². The lowest BCUT2D eigenvalue weighted by Gasteiger charge is -2.35. The summed E-state index contributed by atoms with van der Waals surface area (Å²) in [5.41, 5.74) is 1.01. The fraction of sp³-hybridized carbons (Fsp3) is 0.556. The molecular formula is C18H25N3O2. The van der Waals surface area contributed by atoms with Gasteiger partial charge in [-0.15, -0.1) is 0 Å². The SMILES string of the molecule is Cc1cc(C(C)C(=O)N2CCCC(n3ccnc3C)C2)c(C)o1. The fourth-order valence-electron chi connectivity index (χ4n) is 3.64. The molecule has 2 unspecified atom stereocenters. The number of nitrogens with zero attached hydrogens (tertiary/aromatic N) is 3. The van der Waals surface area contributed by atoms with E-state index < -0.39 is 0 Å². The second-order valence-corrected chi connectivity index (χ2v) is 6.55. The molecule has 0 aliphatic carbocycles. The number of hydrogen-bond donors (Lipinski definition) is 0. The molecule has 2 atom stereocenters. The van der Waals surface area contributed by atoms with Crippen LogP contribution >= 0.6 is 0 Å².